The van der Waals surface area contributed by atoms with Crippen molar-refractivity contribution in [2.45, 2.75) is 19.0 Å². The molecule has 0 saturated carbocycles. The molecule has 1 unspecified atom stereocenters. The molecule has 32 heavy (non-hydrogen) atoms. The third kappa shape index (κ3) is 5.01. The summed E-state index contributed by atoms with van der Waals surface area (Å²) in [5.41, 5.74) is 6.62. The Labute approximate surface area is 188 Å². The minimum atomic E-state index is -0.688. The SMILES string of the molecule is NC(=O)c1cc(CNC2CCNC2=O)nc(-c2ccc(Oc3ccc(Cl)cc3F)cc2)n1. The van der Waals surface area contributed by atoms with Crippen molar-refractivity contribution in [3.8, 4) is 22.9 Å². The summed E-state index contributed by atoms with van der Waals surface area (Å²) >= 11 is 5.76. The van der Waals surface area contributed by atoms with Gasteiger partial charge in [0.2, 0.25) is 5.91 Å². The van der Waals surface area contributed by atoms with E-state index in [-0.39, 0.29) is 40.8 Å². The summed E-state index contributed by atoms with van der Waals surface area (Å²) in [6.07, 6.45) is 0.676. The van der Waals surface area contributed by atoms with Crippen molar-refractivity contribution < 1.29 is 18.7 Å². The molecule has 0 aliphatic carbocycles. The summed E-state index contributed by atoms with van der Waals surface area (Å²) < 4.78 is 19.5. The van der Waals surface area contributed by atoms with Crippen LogP contribution in [0.4, 0.5) is 4.39 Å². The van der Waals surface area contributed by atoms with Gasteiger partial charge in [0.25, 0.3) is 5.91 Å². The Bertz CT molecular complexity index is 1170. The van der Waals surface area contributed by atoms with Gasteiger partial charge in [-0.15, -0.1) is 0 Å². The second-order valence-electron chi connectivity index (χ2n) is 7.15. The minimum Gasteiger partial charge on any atom is -0.454 e. The number of hydrogen-bond donors (Lipinski definition) is 3. The van der Waals surface area contributed by atoms with E-state index in [1.807, 2.05) is 0 Å². The quantitative estimate of drug-likeness (QED) is 0.504. The van der Waals surface area contributed by atoms with Crippen LogP contribution in [0.5, 0.6) is 11.5 Å². The minimum absolute atomic E-state index is 0.0402. The van der Waals surface area contributed by atoms with Crippen molar-refractivity contribution in [2.24, 2.45) is 5.73 Å². The fourth-order valence-electron chi connectivity index (χ4n) is 3.22. The average Bonchev–Trinajstić information content (AvgIpc) is 3.19. The largest absolute Gasteiger partial charge is 0.454 e. The summed E-state index contributed by atoms with van der Waals surface area (Å²) in [4.78, 5) is 32.2. The van der Waals surface area contributed by atoms with Gasteiger partial charge < -0.3 is 21.1 Å². The standard InChI is InChI=1S/C22H19ClFN5O3/c23-13-3-6-19(16(24)9-13)32-15-4-1-12(2-5-15)21-28-14(10-18(29-21)20(25)30)11-27-17-7-8-26-22(17)31/h1-6,9-10,17,27H,7-8,11H2,(H2,25,30)(H,26,31). The Balaban J connectivity index is 1.54. The van der Waals surface area contributed by atoms with E-state index in [1.54, 1.807) is 24.3 Å². The predicted molar refractivity (Wildman–Crippen MR) is 116 cm³/mol. The molecule has 1 fully saturated rings. The lowest BCUT2D eigenvalue weighted by Crippen LogP contribution is -2.36. The van der Waals surface area contributed by atoms with Gasteiger partial charge >= 0.3 is 0 Å². The maximum atomic E-state index is 13.9. The summed E-state index contributed by atoms with van der Waals surface area (Å²) in [5.74, 6) is -0.604. The number of carbonyl (C=O) groups excluding carboxylic acids is 2. The van der Waals surface area contributed by atoms with Crippen molar-refractivity contribution in [1.82, 2.24) is 20.6 Å². The zero-order valence-corrected chi connectivity index (χ0v) is 17.5. The molecule has 1 aliphatic heterocycles. The van der Waals surface area contributed by atoms with E-state index in [4.69, 9.17) is 22.1 Å². The smallest absolute Gasteiger partial charge is 0.267 e. The van der Waals surface area contributed by atoms with Crippen LogP contribution < -0.4 is 21.1 Å². The first-order valence-corrected chi connectivity index (χ1v) is 10.2. The van der Waals surface area contributed by atoms with E-state index in [1.165, 1.54) is 24.3 Å². The van der Waals surface area contributed by atoms with Gasteiger partial charge in [-0.3, -0.25) is 9.59 Å². The Morgan fingerprint density at radius 2 is 2.00 bits per heavy atom. The first kappa shape index (κ1) is 21.7. The van der Waals surface area contributed by atoms with E-state index in [0.717, 1.165) is 0 Å². The Morgan fingerprint density at radius 1 is 1.22 bits per heavy atom. The van der Waals surface area contributed by atoms with Crippen LogP contribution in [0.3, 0.4) is 0 Å². The molecule has 1 saturated heterocycles. The van der Waals surface area contributed by atoms with E-state index in [2.05, 4.69) is 20.6 Å². The fourth-order valence-corrected chi connectivity index (χ4v) is 3.38. The summed E-state index contributed by atoms with van der Waals surface area (Å²) in [7, 11) is 0. The molecule has 0 spiro atoms. The number of ether oxygens (including phenoxy) is 1. The molecular formula is C22H19ClFN5O3. The molecule has 2 heterocycles. The van der Waals surface area contributed by atoms with E-state index >= 15 is 0 Å². The highest BCUT2D eigenvalue weighted by atomic mass is 35.5. The maximum Gasteiger partial charge on any atom is 0.267 e. The van der Waals surface area contributed by atoms with Gasteiger partial charge in [-0.2, -0.15) is 0 Å². The number of benzene rings is 2. The summed E-state index contributed by atoms with van der Waals surface area (Å²) in [5, 5.41) is 6.14. The lowest BCUT2D eigenvalue weighted by atomic mass is 10.2. The lowest BCUT2D eigenvalue weighted by Gasteiger charge is -2.11. The Morgan fingerprint density at radius 3 is 2.66 bits per heavy atom. The number of aromatic nitrogens is 2. The van der Waals surface area contributed by atoms with Crippen molar-refractivity contribution >= 4 is 23.4 Å². The highest BCUT2D eigenvalue weighted by Crippen LogP contribution is 2.28. The van der Waals surface area contributed by atoms with Gasteiger partial charge in [-0.05, 0) is 55.0 Å². The van der Waals surface area contributed by atoms with E-state index < -0.39 is 11.7 Å². The zero-order valence-electron chi connectivity index (χ0n) is 16.8. The van der Waals surface area contributed by atoms with Crippen molar-refractivity contribution in [3.05, 3.63) is 70.8 Å². The zero-order chi connectivity index (χ0) is 22.7. The molecule has 3 aromatic rings. The molecule has 4 rings (SSSR count). The van der Waals surface area contributed by atoms with E-state index in [0.29, 0.717) is 30.0 Å². The molecule has 1 atom stereocenters. The molecule has 1 aliphatic rings. The highest BCUT2D eigenvalue weighted by molar-refractivity contribution is 6.30. The van der Waals surface area contributed by atoms with Crippen LogP contribution >= 0.6 is 11.6 Å². The second kappa shape index (κ2) is 9.29. The Hall–Kier alpha value is -3.56. The third-order valence-corrected chi connectivity index (χ3v) is 5.08. The van der Waals surface area contributed by atoms with Gasteiger partial charge in [0.15, 0.2) is 17.4 Å². The second-order valence-corrected chi connectivity index (χ2v) is 7.58. The molecule has 2 aromatic carbocycles. The number of nitrogens with two attached hydrogens (primary N) is 1. The number of hydrogen-bond acceptors (Lipinski definition) is 6. The number of halogens is 2. The number of primary amides is 1. The van der Waals surface area contributed by atoms with Gasteiger partial charge in [-0.1, -0.05) is 11.6 Å². The number of nitrogens with one attached hydrogen (secondary N) is 2. The molecule has 0 bridgehead atoms. The van der Waals surface area contributed by atoms with Crippen LogP contribution in [0.1, 0.15) is 22.6 Å². The van der Waals surface area contributed by atoms with E-state index in [9.17, 15) is 14.0 Å². The van der Waals surface area contributed by atoms with Crippen molar-refractivity contribution in [2.75, 3.05) is 6.54 Å². The molecule has 2 amide bonds. The van der Waals surface area contributed by atoms with Crippen molar-refractivity contribution in [1.29, 1.82) is 0 Å². The van der Waals surface area contributed by atoms with Crippen LogP contribution in [0, 0.1) is 5.82 Å². The first-order chi connectivity index (χ1) is 15.4. The van der Waals surface area contributed by atoms with Gasteiger partial charge in [-0.25, -0.2) is 14.4 Å². The van der Waals surface area contributed by atoms with Crippen LogP contribution in [0.15, 0.2) is 48.5 Å². The fraction of sp³-hybridized carbons (Fsp3) is 0.182. The highest BCUT2D eigenvalue weighted by Gasteiger charge is 2.23. The molecule has 164 valence electrons. The van der Waals surface area contributed by atoms with Gasteiger partial charge in [0, 0.05) is 23.7 Å². The van der Waals surface area contributed by atoms with Gasteiger partial charge in [0.05, 0.1) is 11.7 Å². The Kier molecular flexibility index (Phi) is 6.29. The molecular weight excluding hydrogens is 437 g/mol. The van der Waals surface area contributed by atoms with Crippen LogP contribution in [0.2, 0.25) is 5.02 Å². The number of nitrogens with zero attached hydrogens (tertiary/aromatic N) is 2. The number of rotatable bonds is 7. The number of carbonyl (C=O) groups is 2. The number of amides is 2. The summed E-state index contributed by atoms with van der Waals surface area (Å²) in [6, 6.07) is 11.9. The summed E-state index contributed by atoms with van der Waals surface area (Å²) in [6.45, 7) is 0.886. The topological polar surface area (TPSA) is 119 Å². The first-order valence-electron chi connectivity index (χ1n) is 9.81. The molecule has 1 aromatic heterocycles. The molecule has 0 radical (unpaired) electrons. The molecule has 8 nitrogen and oxygen atoms in total. The molecule has 4 N–H and O–H groups in total. The maximum absolute atomic E-state index is 13.9. The van der Waals surface area contributed by atoms with Crippen LogP contribution in [-0.2, 0) is 11.3 Å². The average molecular weight is 456 g/mol. The monoisotopic (exact) mass is 455 g/mol. The lowest BCUT2D eigenvalue weighted by molar-refractivity contribution is -0.120. The van der Waals surface area contributed by atoms with Crippen LogP contribution in [0.25, 0.3) is 11.4 Å². The van der Waals surface area contributed by atoms with Gasteiger partial charge in [0.1, 0.15) is 11.4 Å². The van der Waals surface area contributed by atoms with Crippen molar-refractivity contribution in [3.63, 3.8) is 0 Å². The van der Waals surface area contributed by atoms with Crippen LogP contribution in [-0.4, -0.2) is 34.4 Å². The third-order valence-electron chi connectivity index (χ3n) is 4.84. The molecule has 10 heteroatoms. The predicted octanol–water partition coefficient (Wildman–Crippen LogP) is 2.81. The normalized spacial score (nSPS) is 15.4.